The topological polar surface area (TPSA) is 91.2 Å². The standard InChI is InChI=1S/C16H19N5O2/c22-11-16(23)21-7-3-4-12(10-21)13-8-17-9-15(19-13)20-14-5-1-2-6-18-14/h1-2,5-6,8-9,12,22H,3-4,7,10-11H2,(H,18,19,20)/t12-/m0/s1. The molecule has 2 aromatic heterocycles. The van der Waals surface area contributed by atoms with Crippen LogP contribution in [0, 0.1) is 0 Å². The SMILES string of the molecule is O=C(CO)N1CCC[C@H](c2cncc(Nc3ccccn3)n2)C1. The van der Waals surface area contributed by atoms with Crippen LogP contribution in [0.5, 0.6) is 0 Å². The van der Waals surface area contributed by atoms with Crippen molar-refractivity contribution < 1.29 is 9.90 Å². The van der Waals surface area contributed by atoms with Crippen LogP contribution in [0.15, 0.2) is 36.8 Å². The van der Waals surface area contributed by atoms with E-state index in [0.717, 1.165) is 18.5 Å². The Morgan fingerprint density at radius 2 is 2.26 bits per heavy atom. The van der Waals surface area contributed by atoms with E-state index in [2.05, 4.69) is 20.3 Å². The van der Waals surface area contributed by atoms with Crippen LogP contribution in [-0.4, -0.2) is 50.6 Å². The summed E-state index contributed by atoms with van der Waals surface area (Å²) in [5.74, 6) is 1.24. The van der Waals surface area contributed by atoms with Gasteiger partial charge in [0.2, 0.25) is 5.91 Å². The molecule has 23 heavy (non-hydrogen) atoms. The molecular weight excluding hydrogens is 294 g/mol. The molecule has 1 aliphatic heterocycles. The first-order valence-electron chi connectivity index (χ1n) is 7.65. The summed E-state index contributed by atoms with van der Waals surface area (Å²) in [5, 5.41) is 12.1. The first-order valence-corrected chi connectivity index (χ1v) is 7.65. The van der Waals surface area contributed by atoms with Crippen LogP contribution in [0.3, 0.4) is 0 Å². The highest BCUT2D eigenvalue weighted by atomic mass is 16.3. The Bertz CT molecular complexity index is 665. The fourth-order valence-electron chi connectivity index (χ4n) is 2.75. The number of amides is 1. The molecule has 1 atom stereocenters. The smallest absolute Gasteiger partial charge is 0.248 e. The number of nitrogens with one attached hydrogen (secondary N) is 1. The molecule has 0 spiro atoms. The Morgan fingerprint density at radius 3 is 3.04 bits per heavy atom. The zero-order valence-electron chi connectivity index (χ0n) is 12.7. The average Bonchev–Trinajstić information content (AvgIpc) is 2.62. The Kier molecular flexibility index (Phi) is 4.77. The van der Waals surface area contributed by atoms with Crippen molar-refractivity contribution in [3.63, 3.8) is 0 Å². The Hall–Kier alpha value is -2.54. The number of aliphatic hydroxyl groups is 1. The average molecular weight is 313 g/mol. The van der Waals surface area contributed by atoms with Gasteiger partial charge in [-0.25, -0.2) is 9.97 Å². The number of aromatic nitrogens is 3. The first-order chi connectivity index (χ1) is 11.3. The molecular formula is C16H19N5O2. The number of likely N-dealkylation sites (tertiary alicyclic amines) is 1. The quantitative estimate of drug-likeness (QED) is 0.884. The summed E-state index contributed by atoms with van der Waals surface area (Å²) in [4.78, 5) is 26.4. The maximum absolute atomic E-state index is 11.7. The summed E-state index contributed by atoms with van der Waals surface area (Å²) in [6.45, 7) is 0.815. The minimum Gasteiger partial charge on any atom is -0.387 e. The molecule has 0 aliphatic carbocycles. The molecule has 2 aromatic rings. The molecule has 0 aromatic carbocycles. The molecule has 1 amide bonds. The van der Waals surface area contributed by atoms with Gasteiger partial charge in [0.05, 0.1) is 11.9 Å². The number of rotatable bonds is 4. The molecule has 3 heterocycles. The van der Waals surface area contributed by atoms with Gasteiger partial charge >= 0.3 is 0 Å². The number of pyridine rings is 1. The van der Waals surface area contributed by atoms with Gasteiger partial charge in [-0.05, 0) is 25.0 Å². The molecule has 1 aliphatic rings. The molecule has 2 N–H and O–H groups in total. The zero-order chi connectivity index (χ0) is 16.1. The number of hydrogen-bond donors (Lipinski definition) is 2. The number of anilines is 2. The first kappa shape index (κ1) is 15.4. The van der Waals surface area contributed by atoms with Gasteiger partial charge in [-0.1, -0.05) is 6.07 Å². The minimum absolute atomic E-state index is 0.136. The second-order valence-corrected chi connectivity index (χ2v) is 5.51. The van der Waals surface area contributed by atoms with E-state index >= 15 is 0 Å². The lowest BCUT2D eigenvalue weighted by Gasteiger charge is -2.32. The molecule has 0 unspecified atom stereocenters. The van der Waals surface area contributed by atoms with E-state index in [-0.39, 0.29) is 11.8 Å². The summed E-state index contributed by atoms with van der Waals surface area (Å²) in [6.07, 6.45) is 6.95. The van der Waals surface area contributed by atoms with Crippen LogP contribution in [0.25, 0.3) is 0 Å². The third-order valence-corrected chi connectivity index (χ3v) is 3.90. The predicted molar refractivity (Wildman–Crippen MR) is 85.2 cm³/mol. The van der Waals surface area contributed by atoms with Crippen molar-refractivity contribution in [2.24, 2.45) is 0 Å². The van der Waals surface area contributed by atoms with Crippen LogP contribution in [0.2, 0.25) is 0 Å². The van der Waals surface area contributed by atoms with Gasteiger partial charge in [0.25, 0.3) is 0 Å². The fourth-order valence-corrected chi connectivity index (χ4v) is 2.75. The van der Waals surface area contributed by atoms with Gasteiger partial charge in [-0.15, -0.1) is 0 Å². The molecule has 0 radical (unpaired) electrons. The molecule has 3 rings (SSSR count). The van der Waals surface area contributed by atoms with Gasteiger partial charge in [0.1, 0.15) is 18.2 Å². The maximum atomic E-state index is 11.7. The number of carbonyl (C=O) groups is 1. The molecule has 1 fully saturated rings. The number of carbonyl (C=O) groups excluding carboxylic acids is 1. The molecule has 0 saturated carbocycles. The highest BCUT2D eigenvalue weighted by molar-refractivity contribution is 5.77. The second kappa shape index (κ2) is 7.15. The molecule has 0 bridgehead atoms. The van der Waals surface area contributed by atoms with Crippen molar-refractivity contribution >= 4 is 17.5 Å². The van der Waals surface area contributed by atoms with Crippen LogP contribution in [0.1, 0.15) is 24.5 Å². The number of aliphatic hydroxyl groups excluding tert-OH is 1. The Labute approximate surface area is 134 Å². The van der Waals surface area contributed by atoms with Crippen molar-refractivity contribution in [2.45, 2.75) is 18.8 Å². The summed E-state index contributed by atoms with van der Waals surface area (Å²) >= 11 is 0. The largest absolute Gasteiger partial charge is 0.387 e. The summed E-state index contributed by atoms with van der Waals surface area (Å²) in [5.41, 5.74) is 0.848. The van der Waals surface area contributed by atoms with Crippen LogP contribution >= 0.6 is 0 Å². The Balaban J connectivity index is 1.73. The lowest BCUT2D eigenvalue weighted by Crippen LogP contribution is -2.40. The van der Waals surface area contributed by atoms with E-state index in [9.17, 15) is 4.79 Å². The van der Waals surface area contributed by atoms with Crippen molar-refractivity contribution in [3.05, 3.63) is 42.5 Å². The zero-order valence-corrected chi connectivity index (χ0v) is 12.7. The molecule has 1 saturated heterocycles. The van der Waals surface area contributed by atoms with Crippen LogP contribution in [-0.2, 0) is 4.79 Å². The summed E-state index contributed by atoms with van der Waals surface area (Å²) in [6, 6.07) is 5.60. The lowest BCUT2D eigenvalue weighted by atomic mass is 9.95. The lowest BCUT2D eigenvalue weighted by molar-refractivity contribution is -0.135. The van der Waals surface area contributed by atoms with Crippen LogP contribution < -0.4 is 5.32 Å². The third-order valence-electron chi connectivity index (χ3n) is 3.90. The summed E-state index contributed by atoms with van der Waals surface area (Å²) < 4.78 is 0. The van der Waals surface area contributed by atoms with E-state index < -0.39 is 6.61 Å². The van der Waals surface area contributed by atoms with Gasteiger partial charge in [-0.3, -0.25) is 9.78 Å². The molecule has 120 valence electrons. The second-order valence-electron chi connectivity index (χ2n) is 5.51. The van der Waals surface area contributed by atoms with Gasteiger partial charge in [0.15, 0.2) is 0 Å². The van der Waals surface area contributed by atoms with E-state index in [1.54, 1.807) is 23.5 Å². The highest BCUT2D eigenvalue weighted by Crippen LogP contribution is 2.26. The normalized spacial score (nSPS) is 17.8. The number of hydrogen-bond acceptors (Lipinski definition) is 6. The maximum Gasteiger partial charge on any atom is 0.248 e. The van der Waals surface area contributed by atoms with E-state index in [1.807, 2.05) is 18.2 Å². The predicted octanol–water partition coefficient (Wildman–Crippen LogP) is 1.31. The monoisotopic (exact) mass is 313 g/mol. The van der Waals surface area contributed by atoms with Crippen molar-refractivity contribution in [2.75, 3.05) is 25.0 Å². The van der Waals surface area contributed by atoms with Crippen molar-refractivity contribution in [3.8, 4) is 0 Å². The van der Waals surface area contributed by atoms with E-state index in [1.165, 1.54) is 0 Å². The fraction of sp³-hybridized carbons (Fsp3) is 0.375. The van der Waals surface area contributed by atoms with Gasteiger partial charge in [-0.2, -0.15) is 0 Å². The molecule has 7 nitrogen and oxygen atoms in total. The molecule has 7 heteroatoms. The van der Waals surface area contributed by atoms with Crippen LogP contribution in [0.4, 0.5) is 11.6 Å². The van der Waals surface area contributed by atoms with Crippen molar-refractivity contribution in [1.29, 1.82) is 0 Å². The third kappa shape index (κ3) is 3.81. The number of nitrogens with zero attached hydrogens (tertiary/aromatic N) is 4. The number of piperidine rings is 1. The van der Waals surface area contributed by atoms with E-state index in [0.29, 0.717) is 24.7 Å². The van der Waals surface area contributed by atoms with Gasteiger partial charge < -0.3 is 15.3 Å². The van der Waals surface area contributed by atoms with Gasteiger partial charge in [0, 0.05) is 31.4 Å². The highest BCUT2D eigenvalue weighted by Gasteiger charge is 2.25. The minimum atomic E-state index is -0.445. The van der Waals surface area contributed by atoms with E-state index in [4.69, 9.17) is 5.11 Å². The Morgan fingerprint density at radius 1 is 1.35 bits per heavy atom. The summed E-state index contributed by atoms with van der Waals surface area (Å²) in [7, 11) is 0. The van der Waals surface area contributed by atoms with Crippen molar-refractivity contribution in [1.82, 2.24) is 19.9 Å².